The number of rotatable bonds is 4. The molecule has 0 saturated carbocycles. The van der Waals surface area contributed by atoms with Gasteiger partial charge in [-0.2, -0.15) is 0 Å². The second kappa shape index (κ2) is 5.83. The number of hydrogen-bond donors (Lipinski definition) is 2. The van der Waals surface area contributed by atoms with E-state index in [2.05, 4.69) is 17.1 Å². The monoisotopic (exact) mass is 239 g/mol. The molecule has 2 rings (SSSR count). The van der Waals surface area contributed by atoms with E-state index < -0.39 is 0 Å². The summed E-state index contributed by atoms with van der Waals surface area (Å²) in [6.07, 6.45) is 6.87. The maximum Gasteiger partial charge on any atom is 0.234 e. The molecule has 2 bridgehead atoms. The number of piperidine rings is 2. The maximum atomic E-state index is 11.8. The van der Waals surface area contributed by atoms with Gasteiger partial charge in [-0.3, -0.25) is 9.69 Å². The van der Waals surface area contributed by atoms with E-state index in [0.717, 1.165) is 25.8 Å². The van der Waals surface area contributed by atoms with Gasteiger partial charge in [0.1, 0.15) is 0 Å². The average Bonchev–Trinajstić information content (AvgIpc) is 2.27. The molecule has 0 spiro atoms. The number of nitrogens with zero attached hydrogens (tertiary/aromatic N) is 1. The van der Waals surface area contributed by atoms with Crippen molar-refractivity contribution in [2.75, 3.05) is 13.1 Å². The minimum absolute atomic E-state index is 0.180. The van der Waals surface area contributed by atoms with Gasteiger partial charge in [0.2, 0.25) is 5.91 Å². The Bertz CT molecular complexity index is 255. The quantitative estimate of drug-likeness (QED) is 0.765. The summed E-state index contributed by atoms with van der Waals surface area (Å²) in [7, 11) is 0. The van der Waals surface area contributed by atoms with Crippen LogP contribution < -0.4 is 11.1 Å². The molecule has 0 aliphatic carbocycles. The van der Waals surface area contributed by atoms with Crippen molar-refractivity contribution in [2.45, 2.75) is 63.6 Å². The summed E-state index contributed by atoms with van der Waals surface area (Å²) in [6.45, 7) is 3.44. The van der Waals surface area contributed by atoms with Crippen molar-refractivity contribution in [3.8, 4) is 0 Å². The highest BCUT2D eigenvalue weighted by Crippen LogP contribution is 2.32. The van der Waals surface area contributed by atoms with E-state index in [4.69, 9.17) is 5.73 Å². The lowest BCUT2D eigenvalue weighted by Gasteiger charge is -2.47. The van der Waals surface area contributed by atoms with Crippen molar-refractivity contribution in [1.82, 2.24) is 10.2 Å². The third-order valence-electron chi connectivity index (χ3n) is 4.06. The third-order valence-corrected chi connectivity index (χ3v) is 4.06. The van der Waals surface area contributed by atoms with E-state index in [1.807, 2.05) is 0 Å². The van der Waals surface area contributed by atoms with E-state index in [1.165, 1.54) is 19.3 Å². The number of nitrogens with two attached hydrogens (primary N) is 1. The van der Waals surface area contributed by atoms with E-state index in [9.17, 15) is 4.79 Å². The molecule has 0 aromatic heterocycles. The molecule has 2 heterocycles. The number of hydrogen-bond acceptors (Lipinski definition) is 3. The average molecular weight is 239 g/mol. The second-order valence-electron chi connectivity index (χ2n) is 5.49. The number of carbonyl (C=O) groups is 1. The largest absolute Gasteiger partial charge is 0.355 e. The smallest absolute Gasteiger partial charge is 0.234 e. The molecular formula is C13H25N3O. The van der Waals surface area contributed by atoms with Crippen molar-refractivity contribution in [2.24, 2.45) is 5.73 Å². The van der Waals surface area contributed by atoms with Crippen LogP contribution in [0.3, 0.4) is 0 Å². The number of carbonyl (C=O) groups excluding carboxylic acids is 1. The highest BCUT2D eigenvalue weighted by molar-refractivity contribution is 5.78. The van der Waals surface area contributed by atoms with Crippen LogP contribution in [0.1, 0.15) is 45.4 Å². The zero-order valence-corrected chi connectivity index (χ0v) is 10.8. The molecule has 2 unspecified atom stereocenters. The molecule has 17 heavy (non-hydrogen) atoms. The van der Waals surface area contributed by atoms with Crippen LogP contribution in [0.2, 0.25) is 0 Å². The molecule has 2 aliphatic heterocycles. The Morgan fingerprint density at radius 1 is 1.35 bits per heavy atom. The van der Waals surface area contributed by atoms with Crippen LogP contribution in [0.15, 0.2) is 0 Å². The molecule has 1 amide bonds. The molecule has 4 heteroatoms. The first-order chi connectivity index (χ1) is 8.20. The van der Waals surface area contributed by atoms with Crippen LogP contribution in [0.25, 0.3) is 0 Å². The topological polar surface area (TPSA) is 58.4 Å². The molecule has 98 valence electrons. The summed E-state index contributed by atoms with van der Waals surface area (Å²) >= 11 is 0. The van der Waals surface area contributed by atoms with Crippen molar-refractivity contribution in [3.63, 3.8) is 0 Å². The zero-order chi connectivity index (χ0) is 12.3. The number of fused-ring (bicyclic) bond motifs is 2. The highest BCUT2D eigenvalue weighted by Gasteiger charge is 2.37. The Morgan fingerprint density at radius 2 is 2.00 bits per heavy atom. The molecule has 2 fully saturated rings. The molecular weight excluding hydrogens is 214 g/mol. The molecule has 0 aromatic rings. The number of amides is 1. The predicted molar refractivity (Wildman–Crippen MR) is 68.6 cm³/mol. The molecule has 4 nitrogen and oxygen atoms in total. The fourth-order valence-corrected chi connectivity index (χ4v) is 3.26. The van der Waals surface area contributed by atoms with Crippen LogP contribution in [0.4, 0.5) is 0 Å². The SMILES string of the molecule is CCCNC(=O)CN1C2CCCC1CC(N)C2. The summed E-state index contributed by atoms with van der Waals surface area (Å²) in [5.41, 5.74) is 6.07. The Morgan fingerprint density at radius 3 is 2.59 bits per heavy atom. The van der Waals surface area contributed by atoms with E-state index >= 15 is 0 Å². The van der Waals surface area contributed by atoms with Gasteiger partial charge < -0.3 is 11.1 Å². The van der Waals surface area contributed by atoms with Gasteiger partial charge in [-0.25, -0.2) is 0 Å². The van der Waals surface area contributed by atoms with Gasteiger partial charge in [0.25, 0.3) is 0 Å². The van der Waals surface area contributed by atoms with Crippen molar-refractivity contribution < 1.29 is 4.79 Å². The first kappa shape index (κ1) is 12.8. The molecule has 2 aliphatic rings. The summed E-state index contributed by atoms with van der Waals surface area (Å²) in [4.78, 5) is 14.2. The predicted octanol–water partition coefficient (Wildman–Crippen LogP) is 0.857. The molecule has 0 radical (unpaired) electrons. The first-order valence-electron chi connectivity index (χ1n) is 6.98. The molecule has 2 atom stereocenters. The van der Waals surface area contributed by atoms with Gasteiger partial charge in [0.05, 0.1) is 6.54 Å². The van der Waals surface area contributed by atoms with E-state index in [0.29, 0.717) is 24.7 Å². The minimum Gasteiger partial charge on any atom is -0.355 e. The zero-order valence-electron chi connectivity index (χ0n) is 10.8. The summed E-state index contributed by atoms with van der Waals surface area (Å²) in [6, 6.07) is 1.44. The third kappa shape index (κ3) is 3.19. The Balaban J connectivity index is 1.89. The van der Waals surface area contributed by atoms with E-state index in [-0.39, 0.29) is 5.91 Å². The lowest BCUT2D eigenvalue weighted by atomic mass is 9.82. The van der Waals surface area contributed by atoms with Gasteiger partial charge in [0.15, 0.2) is 0 Å². The molecule has 2 saturated heterocycles. The summed E-state index contributed by atoms with van der Waals surface area (Å²) in [5.74, 6) is 0.180. The highest BCUT2D eigenvalue weighted by atomic mass is 16.2. The van der Waals surface area contributed by atoms with Crippen molar-refractivity contribution >= 4 is 5.91 Å². The standard InChI is InChI=1S/C13H25N3O/c1-2-6-15-13(17)9-16-11-4-3-5-12(16)8-10(14)7-11/h10-12H,2-9,14H2,1H3,(H,15,17). The first-order valence-corrected chi connectivity index (χ1v) is 6.98. The summed E-state index contributed by atoms with van der Waals surface area (Å²) in [5, 5.41) is 2.97. The van der Waals surface area contributed by atoms with Crippen LogP contribution in [-0.4, -0.2) is 42.0 Å². The second-order valence-corrected chi connectivity index (χ2v) is 5.49. The molecule has 0 aromatic carbocycles. The van der Waals surface area contributed by atoms with Gasteiger partial charge in [0, 0.05) is 24.7 Å². The van der Waals surface area contributed by atoms with Crippen LogP contribution >= 0.6 is 0 Å². The van der Waals surface area contributed by atoms with Crippen molar-refractivity contribution in [3.05, 3.63) is 0 Å². The van der Waals surface area contributed by atoms with Gasteiger partial charge in [-0.1, -0.05) is 13.3 Å². The lowest BCUT2D eigenvalue weighted by Crippen LogP contribution is -2.57. The normalized spacial score (nSPS) is 33.4. The Kier molecular flexibility index (Phi) is 4.40. The number of nitrogens with one attached hydrogen (secondary N) is 1. The Labute approximate surface area is 104 Å². The molecule has 3 N–H and O–H groups in total. The van der Waals surface area contributed by atoms with Crippen molar-refractivity contribution in [1.29, 1.82) is 0 Å². The summed E-state index contributed by atoms with van der Waals surface area (Å²) < 4.78 is 0. The lowest BCUT2D eigenvalue weighted by molar-refractivity contribution is -0.125. The minimum atomic E-state index is 0.180. The van der Waals surface area contributed by atoms with E-state index in [1.54, 1.807) is 0 Å². The fraction of sp³-hybridized carbons (Fsp3) is 0.923. The van der Waals surface area contributed by atoms with Gasteiger partial charge in [-0.15, -0.1) is 0 Å². The van der Waals surface area contributed by atoms with Crippen LogP contribution in [0, 0.1) is 0 Å². The fourth-order valence-electron chi connectivity index (χ4n) is 3.26. The van der Waals surface area contributed by atoms with Gasteiger partial charge in [-0.05, 0) is 32.1 Å². The van der Waals surface area contributed by atoms with Crippen LogP contribution in [-0.2, 0) is 4.79 Å². The van der Waals surface area contributed by atoms with Gasteiger partial charge >= 0.3 is 0 Å². The Hall–Kier alpha value is -0.610. The van der Waals surface area contributed by atoms with Crippen LogP contribution in [0.5, 0.6) is 0 Å². The maximum absolute atomic E-state index is 11.8.